The Kier molecular flexibility index (Phi) is 9.47. The van der Waals surface area contributed by atoms with E-state index in [0.29, 0.717) is 31.2 Å². The summed E-state index contributed by atoms with van der Waals surface area (Å²) in [6, 6.07) is -1.08. The summed E-state index contributed by atoms with van der Waals surface area (Å²) >= 11 is 0. The van der Waals surface area contributed by atoms with Crippen molar-refractivity contribution in [2.45, 2.75) is 89.9 Å². The molecule has 0 unspecified atom stereocenters. The van der Waals surface area contributed by atoms with Crippen LogP contribution in [0.1, 0.15) is 87.2 Å². The second-order valence-corrected chi connectivity index (χ2v) is 11.9. The van der Waals surface area contributed by atoms with Crippen LogP contribution in [-0.2, 0) is 11.3 Å². The maximum atomic E-state index is 15.2. The summed E-state index contributed by atoms with van der Waals surface area (Å²) < 4.78 is 46.6. The van der Waals surface area contributed by atoms with Crippen LogP contribution in [0.3, 0.4) is 0 Å². The summed E-state index contributed by atoms with van der Waals surface area (Å²) in [6.45, 7) is 4.17. The quantitative estimate of drug-likeness (QED) is 0.270. The van der Waals surface area contributed by atoms with Crippen LogP contribution >= 0.6 is 0 Å². The molecule has 0 saturated heterocycles. The molecule has 2 aliphatic carbocycles. The van der Waals surface area contributed by atoms with Crippen molar-refractivity contribution in [1.82, 2.24) is 39.6 Å². The minimum atomic E-state index is -2.73. The molecule has 3 heterocycles. The SMILES string of the molecule is C[C@@H](CO)n1nccc1C(=O)N[C@H](C(=O)Nc1cn([C@@H](CC(F)F)c2nncn2CC2CC2)nc1F)[C@H]1CC[C@H](C)CC1. The zero-order valence-corrected chi connectivity index (χ0v) is 24.2. The minimum Gasteiger partial charge on any atom is -0.394 e. The Morgan fingerprint density at radius 3 is 2.58 bits per heavy atom. The number of hydrogen-bond acceptors (Lipinski definition) is 7. The van der Waals surface area contributed by atoms with Crippen molar-refractivity contribution in [3.63, 3.8) is 0 Å². The number of aromatic nitrogens is 7. The zero-order chi connectivity index (χ0) is 30.7. The molecule has 2 aliphatic rings. The average Bonchev–Trinajstić information content (AvgIpc) is 3.32. The molecule has 3 aromatic heterocycles. The van der Waals surface area contributed by atoms with Crippen LogP contribution in [0.2, 0.25) is 0 Å². The molecular formula is C28H38F3N9O3. The van der Waals surface area contributed by atoms with E-state index in [1.54, 1.807) is 11.5 Å². The van der Waals surface area contributed by atoms with Crippen LogP contribution in [0.4, 0.5) is 18.9 Å². The molecule has 2 amide bonds. The molecule has 2 fully saturated rings. The fourth-order valence-electron chi connectivity index (χ4n) is 5.72. The molecule has 43 heavy (non-hydrogen) atoms. The molecule has 15 heteroatoms. The molecule has 0 bridgehead atoms. The molecule has 3 aromatic rings. The minimum absolute atomic E-state index is 0.174. The van der Waals surface area contributed by atoms with E-state index in [1.807, 2.05) is 0 Å². The van der Waals surface area contributed by atoms with E-state index < -0.39 is 48.7 Å². The van der Waals surface area contributed by atoms with Gasteiger partial charge in [0.15, 0.2) is 5.82 Å². The monoisotopic (exact) mass is 605 g/mol. The maximum Gasteiger partial charge on any atom is 0.270 e. The summed E-state index contributed by atoms with van der Waals surface area (Å²) in [5.74, 6) is -1.31. The van der Waals surface area contributed by atoms with Gasteiger partial charge in [-0.25, -0.2) is 8.78 Å². The number of aliphatic hydroxyl groups excluding tert-OH is 1. The number of alkyl halides is 2. The van der Waals surface area contributed by atoms with Crippen molar-refractivity contribution in [2.24, 2.45) is 17.8 Å². The molecule has 234 valence electrons. The molecule has 3 atom stereocenters. The first-order chi connectivity index (χ1) is 20.6. The topological polar surface area (TPSA) is 145 Å². The number of hydrogen-bond donors (Lipinski definition) is 3. The van der Waals surface area contributed by atoms with Crippen LogP contribution in [0.25, 0.3) is 0 Å². The van der Waals surface area contributed by atoms with E-state index in [2.05, 4.69) is 38.0 Å². The predicted octanol–water partition coefficient (Wildman–Crippen LogP) is 3.58. The van der Waals surface area contributed by atoms with Gasteiger partial charge in [-0.15, -0.1) is 15.3 Å². The Labute approximate surface area is 247 Å². The van der Waals surface area contributed by atoms with Gasteiger partial charge in [0.25, 0.3) is 11.9 Å². The molecule has 0 spiro atoms. The van der Waals surface area contributed by atoms with Crippen LogP contribution in [-0.4, -0.2) is 70.3 Å². The summed E-state index contributed by atoms with van der Waals surface area (Å²) in [5, 5.41) is 30.8. The fourth-order valence-corrected chi connectivity index (χ4v) is 5.72. The van der Waals surface area contributed by atoms with E-state index in [0.717, 1.165) is 30.4 Å². The Balaban J connectivity index is 1.37. The van der Waals surface area contributed by atoms with Gasteiger partial charge in [0, 0.05) is 19.2 Å². The highest BCUT2D eigenvalue weighted by atomic mass is 19.3. The van der Waals surface area contributed by atoms with Gasteiger partial charge >= 0.3 is 0 Å². The normalized spacial score (nSPS) is 21.0. The van der Waals surface area contributed by atoms with Gasteiger partial charge in [-0.3, -0.25) is 19.0 Å². The van der Waals surface area contributed by atoms with Crippen LogP contribution in [0.5, 0.6) is 0 Å². The number of amides is 2. The van der Waals surface area contributed by atoms with E-state index in [4.69, 9.17) is 0 Å². The van der Waals surface area contributed by atoms with Gasteiger partial charge in [-0.2, -0.15) is 9.49 Å². The van der Waals surface area contributed by atoms with Crippen molar-refractivity contribution >= 4 is 17.5 Å². The van der Waals surface area contributed by atoms with Gasteiger partial charge in [-0.05, 0) is 56.4 Å². The van der Waals surface area contributed by atoms with Crippen LogP contribution in [0, 0.1) is 23.7 Å². The Bertz CT molecular complexity index is 1390. The summed E-state index contributed by atoms with van der Waals surface area (Å²) in [6.07, 6.45) is 5.85. The molecule has 0 radical (unpaired) electrons. The largest absolute Gasteiger partial charge is 0.394 e. The third kappa shape index (κ3) is 7.25. The first-order valence-electron chi connectivity index (χ1n) is 14.8. The number of aliphatic hydroxyl groups is 1. The van der Waals surface area contributed by atoms with Crippen molar-refractivity contribution in [3.8, 4) is 0 Å². The summed E-state index contributed by atoms with van der Waals surface area (Å²) in [4.78, 5) is 27.0. The molecule has 0 aromatic carbocycles. The smallest absolute Gasteiger partial charge is 0.270 e. The summed E-state index contributed by atoms with van der Waals surface area (Å²) in [5.41, 5.74) is -0.118. The first-order valence-corrected chi connectivity index (χ1v) is 14.8. The van der Waals surface area contributed by atoms with Crippen molar-refractivity contribution in [3.05, 3.63) is 42.3 Å². The lowest BCUT2D eigenvalue weighted by atomic mass is 9.79. The standard InChI is InChI=1S/C28H38F3N9O3/c1-16-3-7-19(8-4-16)24(35-27(42)21-9-10-33-40(21)17(2)14-41)28(43)34-20-13-39(37-25(20)31)22(11-23(29)30)26-36-32-15-38(26)12-18-5-6-18/h9-10,13,15-19,22-24,41H,3-8,11-12,14H2,1-2H3,(H,34,43)(H,35,42)/t16-,17-,19-,22-,24-/m0/s1. The van der Waals surface area contributed by atoms with E-state index >= 15 is 4.39 Å². The molecular weight excluding hydrogens is 567 g/mol. The lowest BCUT2D eigenvalue weighted by molar-refractivity contribution is -0.119. The number of nitrogens with zero attached hydrogens (tertiary/aromatic N) is 7. The third-order valence-corrected chi connectivity index (χ3v) is 8.45. The Hall–Kier alpha value is -3.75. The van der Waals surface area contributed by atoms with Gasteiger partial charge in [0.05, 0.1) is 18.8 Å². The molecule has 3 N–H and O–H groups in total. The lowest BCUT2D eigenvalue weighted by Crippen LogP contribution is -2.49. The summed E-state index contributed by atoms with van der Waals surface area (Å²) in [7, 11) is 0. The number of carbonyl (C=O) groups excluding carboxylic acids is 2. The number of halogens is 3. The van der Waals surface area contributed by atoms with E-state index in [9.17, 15) is 23.5 Å². The van der Waals surface area contributed by atoms with Gasteiger partial charge in [0.2, 0.25) is 12.3 Å². The highest BCUT2D eigenvalue weighted by Crippen LogP contribution is 2.34. The zero-order valence-electron chi connectivity index (χ0n) is 24.2. The number of carbonyl (C=O) groups is 2. The average molecular weight is 606 g/mol. The molecule has 5 rings (SSSR count). The molecule has 12 nitrogen and oxygen atoms in total. The van der Waals surface area contributed by atoms with Gasteiger partial charge in [-0.1, -0.05) is 19.8 Å². The van der Waals surface area contributed by atoms with Gasteiger partial charge < -0.3 is 20.3 Å². The number of anilines is 1. The number of rotatable bonds is 13. The maximum absolute atomic E-state index is 15.2. The third-order valence-electron chi connectivity index (χ3n) is 8.45. The van der Waals surface area contributed by atoms with Gasteiger partial charge in [0.1, 0.15) is 29.8 Å². The predicted molar refractivity (Wildman–Crippen MR) is 149 cm³/mol. The molecule has 0 aliphatic heterocycles. The first kappa shape index (κ1) is 30.7. The van der Waals surface area contributed by atoms with Crippen LogP contribution in [0.15, 0.2) is 24.8 Å². The van der Waals surface area contributed by atoms with E-state index in [-0.39, 0.29) is 29.7 Å². The molecule has 2 saturated carbocycles. The Morgan fingerprint density at radius 1 is 1.16 bits per heavy atom. The fraction of sp³-hybridized carbons (Fsp3) is 0.643. The van der Waals surface area contributed by atoms with Crippen molar-refractivity contribution in [2.75, 3.05) is 11.9 Å². The van der Waals surface area contributed by atoms with Crippen molar-refractivity contribution in [1.29, 1.82) is 0 Å². The lowest BCUT2D eigenvalue weighted by Gasteiger charge is -2.32. The van der Waals surface area contributed by atoms with E-state index in [1.165, 1.54) is 29.5 Å². The second kappa shape index (κ2) is 13.3. The Morgan fingerprint density at radius 2 is 1.91 bits per heavy atom. The van der Waals surface area contributed by atoms with Crippen molar-refractivity contribution < 1.29 is 27.9 Å². The highest BCUT2D eigenvalue weighted by Gasteiger charge is 2.35. The van der Waals surface area contributed by atoms with Crippen LogP contribution < -0.4 is 10.6 Å². The number of nitrogens with one attached hydrogen (secondary N) is 2. The highest BCUT2D eigenvalue weighted by molar-refractivity contribution is 6.00. The second-order valence-electron chi connectivity index (χ2n) is 11.9.